The molecule has 60 heavy (non-hydrogen) atoms. The number of nitrogens with one attached hydrogen (secondary N) is 1. The zero-order chi connectivity index (χ0) is 43.7. The van der Waals surface area contributed by atoms with Crippen LogP contribution in [0.3, 0.4) is 0 Å². The number of allylic oxidation sites excluding steroid dienone is 2. The van der Waals surface area contributed by atoms with Crippen LogP contribution in [0, 0.1) is 0 Å². The molecule has 0 aliphatic rings. The molecule has 0 aliphatic heterocycles. The molecule has 0 aliphatic carbocycles. The van der Waals surface area contributed by atoms with Gasteiger partial charge in [0.1, 0.15) is 6.10 Å². The van der Waals surface area contributed by atoms with Gasteiger partial charge in [-0.25, -0.2) is 0 Å². The van der Waals surface area contributed by atoms with Crippen molar-refractivity contribution in [1.29, 1.82) is 0 Å². The molecule has 1 amide bonds. The molecule has 0 heterocycles. The molecule has 0 radical (unpaired) electrons. The summed E-state index contributed by atoms with van der Waals surface area (Å²) < 4.78 is 0. The summed E-state index contributed by atoms with van der Waals surface area (Å²) in [4.78, 5) is 12.5. The number of aliphatic hydroxyl groups excluding tert-OH is 3. The van der Waals surface area contributed by atoms with E-state index in [0.29, 0.717) is 12.8 Å². The van der Waals surface area contributed by atoms with Crippen LogP contribution in [0.15, 0.2) is 12.2 Å². The van der Waals surface area contributed by atoms with Crippen molar-refractivity contribution in [3.63, 3.8) is 0 Å². The van der Waals surface area contributed by atoms with E-state index < -0.39 is 18.2 Å². The maximum Gasteiger partial charge on any atom is 0.220 e. The molecule has 0 spiro atoms. The van der Waals surface area contributed by atoms with Crippen LogP contribution in [0.2, 0.25) is 0 Å². The summed E-state index contributed by atoms with van der Waals surface area (Å²) in [6.45, 7) is 4.20. The Morgan fingerprint density at radius 1 is 0.400 bits per heavy atom. The quantitative estimate of drug-likeness (QED) is 0.0363. The Hall–Kier alpha value is -0.910. The Balaban J connectivity index is 3.45. The van der Waals surface area contributed by atoms with Crippen LogP contribution in [-0.4, -0.2) is 46.1 Å². The summed E-state index contributed by atoms with van der Waals surface area (Å²) in [5, 5.41) is 33.6. The summed E-state index contributed by atoms with van der Waals surface area (Å²) >= 11 is 0. The molecule has 0 bridgehead atoms. The van der Waals surface area contributed by atoms with Crippen LogP contribution in [-0.2, 0) is 4.79 Å². The normalized spacial score (nSPS) is 13.3. The molecule has 0 aromatic rings. The lowest BCUT2D eigenvalue weighted by Gasteiger charge is -2.26. The maximum atomic E-state index is 12.5. The summed E-state index contributed by atoms with van der Waals surface area (Å²) in [6.07, 6.45) is 62.3. The van der Waals surface area contributed by atoms with Gasteiger partial charge >= 0.3 is 0 Å². The topological polar surface area (TPSA) is 89.8 Å². The van der Waals surface area contributed by atoms with Gasteiger partial charge in [0.15, 0.2) is 0 Å². The monoisotopic (exact) mass is 848 g/mol. The standard InChI is InChI=1S/C55H109NO4/c1-3-5-7-9-11-13-15-17-18-19-20-21-22-23-24-25-26-27-28-29-30-31-32-33-34-35-36-38-40-42-44-46-48-50-54(59)56-52(51-57)55(60)53(58)49-47-45-43-41-39-37-16-14-12-10-8-6-4-2/h23-24,52-53,55,57-58,60H,3-22,25-51H2,1-2H3,(H,56,59)/b24-23-. The van der Waals surface area contributed by atoms with Crippen LogP contribution in [0.4, 0.5) is 0 Å². The minimum atomic E-state index is -1.13. The molecule has 4 N–H and O–H groups in total. The molecule has 0 aromatic carbocycles. The van der Waals surface area contributed by atoms with E-state index in [1.165, 1.54) is 244 Å². The average molecular weight is 848 g/mol. The fourth-order valence-electron chi connectivity index (χ4n) is 8.87. The number of carbonyl (C=O) groups excluding carboxylic acids is 1. The van der Waals surface area contributed by atoms with Crippen molar-refractivity contribution in [2.45, 2.75) is 327 Å². The highest BCUT2D eigenvalue weighted by Crippen LogP contribution is 2.18. The van der Waals surface area contributed by atoms with Crippen LogP contribution in [0.5, 0.6) is 0 Å². The molecule has 0 saturated carbocycles. The summed E-state index contributed by atoms with van der Waals surface area (Å²) in [7, 11) is 0. The minimum Gasteiger partial charge on any atom is -0.394 e. The Labute approximate surface area is 376 Å². The molecule has 3 unspecified atom stereocenters. The molecule has 0 saturated heterocycles. The molecule has 0 fully saturated rings. The lowest BCUT2D eigenvalue weighted by Crippen LogP contribution is -2.50. The molecular weight excluding hydrogens is 739 g/mol. The fourth-order valence-corrected chi connectivity index (χ4v) is 8.87. The van der Waals surface area contributed by atoms with Crippen molar-refractivity contribution < 1.29 is 20.1 Å². The van der Waals surface area contributed by atoms with Gasteiger partial charge in [-0.2, -0.15) is 0 Å². The van der Waals surface area contributed by atoms with Crippen molar-refractivity contribution in [3.8, 4) is 0 Å². The molecule has 3 atom stereocenters. The highest BCUT2D eigenvalue weighted by Gasteiger charge is 2.26. The molecule has 358 valence electrons. The first kappa shape index (κ1) is 59.1. The smallest absolute Gasteiger partial charge is 0.220 e. The Morgan fingerprint density at radius 3 is 0.967 bits per heavy atom. The second-order valence-corrected chi connectivity index (χ2v) is 19.1. The fraction of sp³-hybridized carbons (Fsp3) is 0.945. The van der Waals surface area contributed by atoms with E-state index in [2.05, 4.69) is 31.3 Å². The van der Waals surface area contributed by atoms with E-state index in [0.717, 1.165) is 38.5 Å². The highest BCUT2D eigenvalue weighted by molar-refractivity contribution is 5.76. The third-order valence-electron chi connectivity index (χ3n) is 13.1. The second kappa shape index (κ2) is 50.7. The van der Waals surface area contributed by atoms with E-state index in [-0.39, 0.29) is 12.5 Å². The van der Waals surface area contributed by atoms with E-state index in [1.54, 1.807) is 0 Å². The van der Waals surface area contributed by atoms with Crippen molar-refractivity contribution in [3.05, 3.63) is 12.2 Å². The van der Waals surface area contributed by atoms with Crippen molar-refractivity contribution in [2.24, 2.45) is 0 Å². The predicted molar refractivity (Wildman–Crippen MR) is 264 cm³/mol. The Morgan fingerprint density at radius 2 is 0.667 bits per heavy atom. The maximum absolute atomic E-state index is 12.5. The van der Waals surface area contributed by atoms with Gasteiger partial charge in [0.05, 0.1) is 18.8 Å². The summed E-state index contributed by atoms with van der Waals surface area (Å²) in [5.74, 6) is -0.139. The number of amides is 1. The Kier molecular flexibility index (Phi) is 50.0. The first-order valence-corrected chi connectivity index (χ1v) is 27.5. The van der Waals surface area contributed by atoms with Crippen molar-refractivity contribution in [1.82, 2.24) is 5.32 Å². The van der Waals surface area contributed by atoms with Gasteiger partial charge in [-0.05, 0) is 38.5 Å². The second-order valence-electron chi connectivity index (χ2n) is 19.1. The van der Waals surface area contributed by atoms with E-state index in [1.807, 2.05) is 0 Å². The molecule has 0 rings (SSSR count). The predicted octanol–water partition coefficient (Wildman–Crippen LogP) is 16.7. The van der Waals surface area contributed by atoms with Gasteiger partial charge in [-0.3, -0.25) is 4.79 Å². The first-order chi connectivity index (χ1) is 29.6. The van der Waals surface area contributed by atoms with E-state index in [4.69, 9.17) is 0 Å². The highest BCUT2D eigenvalue weighted by atomic mass is 16.3. The minimum absolute atomic E-state index is 0.139. The van der Waals surface area contributed by atoms with Gasteiger partial charge in [0, 0.05) is 6.42 Å². The largest absolute Gasteiger partial charge is 0.394 e. The number of hydrogen-bond donors (Lipinski definition) is 4. The lowest BCUT2D eigenvalue weighted by molar-refractivity contribution is -0.124. The van der Waals surface area contributed by atoms with Crippen molar-refractivity contribution in [2.75, 3.05) is 6.61 Å². The average Bonchev–Trinajstić information content (AvgIpc) is 3.25. The van der Waals surface area contributed by atoms with E-state index in [9.17, 15) is 20.1 Å². The van der Waals surface area contributed by atoms with Crippen LogP contribution >= 0.6 is 0 Å². The van der Waals surface area contributed by atoms with Crippen molar-refractivity contribution >= 4 is 5.91 Å². The number of rotatable bonds is 51. The first-order valence-electron chi connectivity index (χ1n) is 27.5. The van der Waals surface area contributed by atoms with Gasteiger partial charge in [-0.1, -0.05) is 276 Å². The number of unbranched alkanes of at least 4 members (excludes halogenated alkanes) is 41. The summed E-state index contributed by atoms with van der Waals surface area (Å²) in [5.41, 5.74) is 0. The Bertz CT molecular complexity index is 848. The number of hydrogen-bond acceptors (Lipinski definition) is 4. The molecule has 5 nitrogen and oxygen atoms in total. The summed E-state index contributed by atoms with van der Waals surface area (Å²) in [6, 6.07) is -0.805. The number of aliphatic hydroxyl groups is 3. The number of carbonyl (C=O) groups is 1. The van der Waals surface area contributed by atoms with Crippen LogP contribution in [0.25, 0.3) is 0 Å². The lowest BCUT2D eigenvalue weighted by atomic mass is 9.99. The van der Waals surface area contributed by atoms with Gasteiger partial charge in [0.2, 0.25) is 5.91 Å². The third kappa shape index (κ3) is 45.1. The van der Waals surface area contributed by atoms with Gasteiger partial charge in [-0.15, -0.1) is 0 Å². The van der Waals surface area contributed by atoms with Crippen LogP contribution < -0.4 is 5.32 Å². The van der Waals surface area contributed by atoms with E-state index >= 15 is 0 Å². The molecule has 0 aromatic heterocycles. The van der Waals surface area contributed by atoms with Crippen LogP contribution in [0.1, 0.15) is 309 Å². The third-order valence-corrected chi connectivity index (χ3v) is 13.1. The zero-order valence-electron chi connectivity index (χ0n) is 40.9. The zero-order valence-corrected chi connectivity index (χ0v) is 40.9. The molecular formula is C55H109NO4. The molecule has 5 heteroatoms. The SMILES string of the molecule is CCCCCCCCCCCCCC/C=C\CCCCCCCCCCCCCCCCCCCC(=O)NC(CO)C(O)C(O)CCCCCCCCCCCCCCC. The van der Waals surface area contributed by atoms with Gasteiger partial charge < -0.3 is 20.6 Å². The van der Waals surface area contributed by atoms with Gasteiger partial charge in [0.25, 0.3) is 0 Å².